The average molecular weight is 335 g/mol. The van der Waals surface area contributed by atoms with Crippen LogP contribution in [0.25, 0.3) is 28.1 Å². The molecule has 0 N–H and O–H groups in total. The zero-order valence-electron chi connectivity index (χ0n) is 14.2. The van der Waals surface area contributed by atoms with Crippen LogP contribution < -0.4 is 9.47 Å². The highest BCUT2D eigenvalue weighted by Crippen LogP contribution is 2.38. The fourth-order valence-electron chi connectivity index (χ4n) is 2.99. The minimum atomic E-state index is 0.693. The van der Waals surface area contributed by atoms with E-state index in [0.717, 1.165) is 22.3 Å². The van der Waals surface area contributed by atoms with E-state index < -0.39 is 0 Å². The maximum absolute atomic E-state index is 5.53. The predicted octanol–water partition coefficient (Wildman–Crippen LogP) is 2.84. The number of hydrogen-bond donors (Lipinski definition) is 0. The molecule has 7 heteroatoms. The Morgan fingerprint density at radius 2 is 1.68 bits per heavy atom. The maximum atomic E-state index is 5.53. The van der Waals surface area contributed by atoms with Crippen molar-refractivity contribution in [3.8, 4) is 28.6 Å². The fraction of sp³-hybridized carbons (Fsp3) is 0.167. The van der Waals surface area contributed by atoms with E-state index in [2.05, 4.69) is 15.3 Å². The Balaban J connectivity index is 1.99. The number of aromatic nitrogens is 5. The van der Waals surface area contributed by atoms with Crippen LogP contribution in [0, 0.1) is 0 Å². The number of rotatable bonds is 4. The van der Waals surface area contributed by atoms with Gasteiger partial charge in [-0.15, -0.1) is 5.10 Å². The predicted molar refractivity (Wildman–Crippen MR) is 94.2 cm³/mol. The second-order valence-corrected chi connectivity index (χ2v) is 5.52. The molecule has 0 unspecified atom stereocenters. The highest BCUT2D eigenvalue weighted by atomic mass is 16.5. The Labute approximate surface area is 144 Å². The Morgan fingerprint density at radius 1 is 0.960 bits per heavy atom. The Hall–Kier alpha value is -3.35. The van der Waals surface area contributed by atoms with Crippen molar-refractivity contribution in [1.29, 1.82) is 0 Å². The van der Waals surface area contributed by atoms with Crippen molar-refractivity contribution in [2.45, 2.75) is 0 Å². The van der Waals surface area contributed by atoms with Crippen LogP contribution >= 0.6 is 0 Å². The van der Waals surface area contributed by atoms with Gasteiger partial charge in [0, 0.05) is 19.4 Å². The SMILES string of the molecule is COc1cccc(OC)c1-c1nccn1-c1cccc2c1nnn2C. The lowest BCUT2D eigenvalue weighted by Crippen LogP contribution is -2.01. The first-order chi connectivity index (χ1) is 12.2. The molecule has 0 atom stereocenters. The third-order valence-corrected chi connectivity index (χ3v) is 4.17. The molecule has 25 heavy (non-hydrogen) atoms. The minimum absolute atomic E-state index is 0.693. The Morgan fingerprint density at radius 3 is 2.40 bits per heavy atom. The molecule has 0 aliphatic heterocycles. The quantitative estimate of drug-likeness (QED) is 0.574. The highest BCUT2D eigenvalue weighted by molar-refractivity contribution is 5.85. The van der Waals surface area contributed by atoms with Gasteiger partial charge in [0.1, 0.15) is 22.6 Å². The molecule has 2 aromatic heterocycles. The summed E-state index contributed by atoms with van der Waals surface area (Å²) >= 11 is 0. The summed E-state index contributed by atoms with van der Waals surface area (Å²) in [5, 5.41) is 8.42. The van der Waals surface area contributed by atoms with Crippen LogP contribution in [0.1, 0.15) is 0 Å². The van der Waals surface area contributed by atoms with Crippen LogP contribution in [0.5, 0.6) is 11.5 Å². The number of hydrogen-bond acceptors (Lipinski definition) is 5. The van der Waals surface area contributed by atoms with E-state index in [4.69, 9.17) is 9.47 Å². The van der Waals surface area contributed by atoms with Gasteiger partial charge in [0.2, 0.25) is 0 Å². The van der Waals surface area contributed by atoms with Gasteiger partial charge in [-0.1, -0.05) is 17.3 Å². The lowest BCUT2D eigenvalue weighted by molar-refractivity contribution is 0.396. The Bertz CT molecular complexity index is 1030. The summed E-state index contributed by atoms with van der Waals surface area (Å²) in [5.41, 5.74) is 3.44. The van der Waals surface area contributed by atoms with Crippen LogP contribution in [0.3, 0.4) is 0 Å². The highest BCUT2D eigenvalue weighted by Gasteiger charge is 2.19. The largest absolute Gasteiger partial charge is 0.496 e. The molecule has 0 saturated carbocycles. The van der Waals surface area contributed by atoms with Gasteiger partial charge in [-0.2, -0.15) is 0 Å². The summed E-state index contributed by atoms with van der Waals surface area (Å²) in [5.74, 6) is 2.10. The normalized spacial score (nSPS) is 11.0. The number of imidazole rings is 1. The number of fused-ring (bicyclic) bond motifs is 1. The van der Waals surface area contributed by atoms with Crippen molar-refractivity contribution in [1.82, 2.24) is 24.5 Å². The molecule has 2 heterocycles. The molecule has 0 radical (unpaired) electrons. The van der Waals surface area contributed by atoms with Crippen LogP contribution in [-0.4, -0.2) is 38.8 Å². The van der Waals surface area contributed by atoms with Crippen molar-refractivity contribution >= 4 is 11.0 Å². The first-order valence-corrected chi connectivity index (χ1v) is 7.78. The van der Waals surface area contributed by atoms with Crippen molar-refractivity contribution < 1.29 is 9.47 Å². The van der Waals surface area contributed by atoms with Crippen molar-refractivity contribution in [3.05, 3.63) is 48.8 Å². The second-order valence-electron chi connectivity index (χ2n) is 5.52. The molecule has 4 aromatic rings. The summed E-state index contributed by atoms with van der Waals surface area (Å²) in [6.45, 7) is 0. The zero-order chi connectivity index (χ0) is 17.4. The average Bonchev–Trinajstić information content (AvgIpc) is 3.28. The number of ether oxygens (including phenoxy) is 2. The molecule has 0 aliphatic rings. The van der Waals surface area contributed by atoms with Gasteiger partial charge in [-0.25, -0.2) is 9.67 Å². The number of nitrogens with zero attached hydrogens (tertiary/aromatic N) is 5. The molecule has 0 spiro atoms. The number of benzene rings is 2. The zero-order valence-corrected chi connectivity index (χ0v) is 14.2. The van der Waals surface area contributed by atoms with Crippen LogP contribution in [0.4, 0.5) is 0 Å². The minimum Gasteiger partial charge on any atom is -0.496 e. The van der Waals surface area contributed by atoms with Gasteiger partial charge >= 0.3 is 0 Å². The van der Waals surface area contributed by atoms with Gasteiger partial charge in [0.25, 0.3) is 0 Å². The smallest absolute Gasteiger partial charge is 0.152 e. The maximum Gasteiger partial charge on any atom is 0.152 e. The topological polar surface area (TPSA) is 67.0 Å². The van der Waals surface area contributed by atoms with E-state index in [1.54, 1.807) is 25.1 Å². The van der Waals surface area contributed by atoms with E-state index in [9.17, 15) is 0 Å². The summed E-state index contributed by atoms with van der Waals surface area (Å²) in [6.07, 6.45) is 3.64. The third-order valence-electron chi connectivity index (χ3n) is 4.17. The van der Waals surface area contributed by atoms with Crippen LogP contribution in [0.2, 0.25) is 0 Å². The molecule has 0 amide bonds. The van der Waals surface area contributed by atoms with E-state index in [1.807, 2.05) is 54.2 Å². The van der Waals surface area contributed by atoms with E-state index in [1.165, 1.54) is 0 Å². The second kappa shape index (κ2) is 5.94. The third kappa shape index (κ3) is 2.32. The summed E-state index contributed by atoms with van der Waals surface area (Å²) in [6, 6.07) is 11.6. The van der Waals surface area contributed by atoms with E-state index in [-0.39, 0.29) is 0 Å². The van der Waals surface area contributed by atoms with Crippen LogP contribution in [-0.2, 0) is 7.05 Å². The molecule has 4 rings (SSSR count). The summed E-state index contributed by atoms with van der Waals surface area (Å²) < 4.78 is 14.8. The first-order valence-electron chi connectivity index (χ1n) is 7.78. The van der Waals surface area contributed by atoms with Gasteiger partial charge in [-0.3, -0.25) is 4.57 Å². The first kappa shape index (κ1) is 15.2. The molecular weight excluding hydrogens is 318 g/mol. The standard InChI is InChI=1S/C18H17N5O2/c1-22-12-6-4-7-13(17(12)20-21-22)23-11-10-19-18(23)16-14(24-2)8-5-9-15(16)25-3/h4-11H,1-3H3. The van der Waals surface area contributed by atoms with Crippen molar-refractivity contribution in [3.63, 3.8) is 0 Å². The number of aryl methyl sites for hydroxylation is 1. The molecular formula is C18H17N5O2. The van der Waals surface area contributed by atoms with E-state index in [0.29, 0.717) is 17.3 Å². The molecule has 126 valence electrons. The number of methoxy groups -OCH3 is 2. The van der Waals surface area contributed by atoms with E-state index >= 15 is 0 Å². The lowest BCUT2D eigenvalue weighted by Gasteiger charge is -2.14. The molecule has 0 fully saturated rings. The lowest BCUT2D eigenvalue weighted by atomic mass is 10.1. The fourth-order valence-corrected chi connectivity index (χ4v) is 2.99. The van der Waals surface area contributed by atoms with Crippen molar-refractivity contribution in [2.75, 3.05) is 14.2 Å². The van der Waals surface area contributed by atoms with Gasteiger partial charge in [0.15, 0.2) is 5.82 Å². The molecule has 7 nitrogen and oxygen atoms in total. The molecule has 0 bridgehead atoms. The van der Waals surface area contributed by atoms with Gasteiger partial charge in [0.05, 0.1) is 25.4 Å². The molecule has 0 saturated heterocycles. The molecule has 0 aliphatic carbocycles. The molecule has 2 aromatic carbocycles. The summed E-state index contributed by atoms with van der Waals surface area (Å²) in [4.78, 5) is 4.54. The van der Waals surface area contributed by atoms with Crippen LogP contribution in [0.15, 0.2) is 48.8 Å². The van der Waals surface area contributed by atoms with Gasteiger partial charge in [-0.05, 0) is 24.3 Å². The van der Waals surface area contributed by atoms with Crippen molar-refractivity contribution in [2.24, 2.45) is 7.05 Å². The monoisotopic (exact) mass is 335 g/mol. The Kier molecular flexibility index (Phi) is 3.61. The summed E-state index contributed by atoms with van der Waals surface area (Å²) in [7, 11) is 5.14. The van der Waals surface area contributed by atoms with Gasteiger partial charge < -0.3 is 9.47 Å².